The normalized spacial score (nSPS) is 23.8. The van der Waals surface area contributed by atoms with Gasteiger partial charge in [-0.3, -0.25) is 9.59 Å². The zero-order chi connectivity index (χ0) is 12.7. The van der Waals surface area contributed by atoms with Gasteiger partial charge in [0.25, 0.3) is 0 Å². The molecule has 0 aliphatic heterocycles. The molecule has 0 aromatic carbocycles. The second-order valence-corrected chi connectivity index (χ2v) is 4.17. The van der Waals surface area contributed by atoms with E-state index in [0.717, 1.165) is 12.8 Å². The van der Waals surface area contributed by atoms with Gasteiger partial charge in [-0.2, -0.15) is 0 Å². The predicted molar refractivity (Wildman–Crippen MR) is 63.2 cm³/mol. The number of esters is 2. The van der Waals surface area contributed by atoms with Crippen LogP contribution in [0.3, 0.4) is 0 Å². The Balaban J connectivity index is 2.61. The minimum Gasteiger partial charge on any atom is -0.466 e. The molecular weight excluding hydrogens is 220 g/mol. The Labute approximate surface area is 102 Å². The lowest BCUT2D eigenvalue weighted by atomic mass is 9.79. The van der Waals surface area contributed by atoms with E-state index in [2.05, 4.69) is 6.58 Å². The van der Waals surface area contributed by atoms with Crippen molar-refractivity contribution in [3.8, 4) is 0 Å². The van der Waals surface area contributed by atoms with Gasteiger partial charge in [-0.05, 0) is 19.8 Å². The van der Waals surface area contributed by atoms with Crippen molar-refractivity contribution in [2.75, 3.05) is 13.2 Å². The predicted octanol–water partition coefficient (Wildman–Crippen LogP) is 2.09. The standard InChI is InChI=1S/C13H20O4/c1-3-9-17-13(15)11-8-6-5-7-10(11)12(14)16-4-2/h3,10-11H,1,4-9H2,2H3. The van der Waals surface area contributed by atoms with Gasteiger partial charge < -0.3 is 9.47 Å². The van der Waals surface area contributed by atoms with E-state index in [1.807, 2.05) is 0 Å². The second-order valence-electron chi connectivity index (χ2n) is 4.17. The second kappa shape index (κ2) is 7.09. The van der Waals surface area contributed by atoms with Gasteiger partial charge in [0.2, 0.25) is 0 Å². The molecular formula is C13H20O4. The van der Waals surface area contributed by atoms with Crippen molar-refractivity contribution in [2.24, 2.45) is 11.8 Å². The summed E-state index contributed by atoms with van der Waals surface area (Å²) in [4.78, 5) is 23.5. The molecule has 17 heavy (non-hydrogen) atoms. The smallest absolute Gasteiger partial charge is 0.310 e. The number of rotatable bonds is 5. The number of hydrogen-bond acceptors (Lipinski definition) is 4. The molecule has 0 bridgehead atoms. The Morgan fingerprint density at radius 3 is 2.18 bits per heavy atom. The highest BCUT2D eigenvalue weighted by molar-refractivity contribution is 5.82. The topological polar surface area (TPSA) is 52.6 Å². The first-order valence-electron chi connectivity index (χ1n) is 6.14. The quantitative estimate of drug-likeness (QED) is 0.545. The van der Waals surface area contributed by atoms with E-state index in [1.165, 1.54) is 6.08 Å². The van der Waals surface area contributed by atoms with Crippen LogP contribution < -0.4 is 0 Å². The maximum Gasteiger partial charge on any atom is 0.310 e. The molecule has 0 saturated heterocycles. The lowest BCUT2D eigenvalue weighted by Crippen LogP contribution is -2.35. The molecule has 2 unspecified atom stereocenters. The van der Waals surface area contributed by atoms with Gasteiger partial charge in [-0.15, -0.1) is 0 Å². The zero-order valence-corrected chi connectivity index (χ0v) is 10.3. The highest BCUT2D eigenvalue weighted by atomic mass is 16.5. The van der Waals surface area contributed by atoms with Crippen LogP contribution in [-0.2, 0) is 19.1 Å². The summed E-state index contributed by atoms with van der Waals surface area (Å²) in [6.07, 6.45) is 4.88. The van der Waals surface area contributed by atoms with Crippen molar-refractivity contribution >= 4 is 11.9 Å². The van der Waals surface area contributed by atoms with E-state index in [4.69, 9.17) is 9.47 Å². The highest BCUT2D eigenvalue weighted by Crippen LogP contribution is 2.31. The summed E-state index contributed by atoms with van der Waals surface area (Å²) in [5.74, 6) is -1.25. The largest absolute Gasteiger partial charge is 0.466 e. The van der Waals surface area contributed by atoms with Crippen LogP contribution in [0.2, 0.25) is 0 Å². The van der Waals surface area contributed by atoms with E-state index >= 15 is 0 Å². The molecule has 0 N–H and O–H groups in total. The molecule has 1 aliphatic carbocycles. The Morgan fingerprint density at radius 2 is 1.71 bits per heavy atom. The summed E-state index contributed by atoms with van der Waals surface area (Å²) in [6.45, 7) is 5.81. The fourth-order valence-electron chi connectivity index (χ4n) is 2.19. The number of hydrogen-bond donors (Lipinski definition) is 0. The SMILES string of the molecule is C=CCOC(=O)C1CCCCC1C(=O)OCC. The molecule has 0 radical (unpaired) electrons. The van der Waals surface area contributed by atoms with Crippen LogP contribution in [-0.4, -0.2) is 25.2 Å². The van der Waals surface area contributed by atoms with Crippen LogP contribution in [0, 0.1) is 11.8 Å². The maximum absolute atomic E-state index is 11.8. The molecule has 0 spiro atoms. The molecule has 1 fully saturated rings. The van der Waals surface area contributed by atoms with Gasteiger partial charge in [0.05, 0.1) is 18.4 Å². The molecule has 0 aromatic rings. The zero-order valence-electron chi connectivity index (χ0n) is 10.3. The Bertz CT molecular complexity index is 285. The van der Waals surface area contributed by atoms with E-state index in [1.54, 1.807) is 6.92 Å². The number of carbonyl (C=O) groups excluding carboxylic acids is 2. The summed E-state index contributed by atoms with van der Waals surface area (Å²) >= 11 is 0. The monoisotopic (exact) mass is 240 g/mol. The summed E-state index contributed by atoms with van der Waals surface area (Å²) in [6, 6.07) is 0. The van der Waals surface area contributed by atoms with Gasteiger partial charge in [0, 0.05) is 0 Å². The van der Waals surface area contributed by atoms with Crippen molar-refractivity contribution in [3.05, 3.63) is 12.7 Å². The molecule has 96 valence electrons. The van der Waals surface area contributed by atoms with Crippen molar-refractivity contribution in [1.82, 2.24) is 0 Å². The first-order chi connectivity index (χ1) is 8.20. The summed E-state index contributed by atoms with van der Waals surface area (Å²) in [7, 11) is 0. The van der Waals surface area contributed by atoms with Gasteiger partial charge in [0.15, 0.2) is 0 Å². The van der Waals surface area contributed by atoms with E-state index < -0.39 is 0 Å². The van der Waals surface area contributed by atoms with Gasteiger partial charge in [0.1, 0.15) is 6.61 Å². The van der Waals surface area contributed by atoms with Crippen LogP contribution in [0.25, 0.3) is 0 Å². The number of carbonyl (C=O) groups is 2. The minimum atomic E-state index is -0.345. The molecule has 1 aliphatic rings. The van der Waals surface area contributed by atoms with Crippen LogP contribution in [0.15, 0.2) is 12.7 Å². The average molecular weight is 240 g/mol. The average Bonchev–Trinajstić information content (AvgIpc) is 2.36. The molecule has 2 atom stereocenters. The Hall–Kier alpha value is -1.32. The third kappa shape index (κ3) is 3.88. The molecule has 0 aromatic heterocycles. The van der Waals surface area contributed by atoms with Crippen molar-refractivity contribution < 1.29 is 19.1 Å². The van der Waals surface area contributed by atoms with E-state index in [9.17, 15) is 9.59 Å². The molecule has 1 saturated carbocycles. The molecule has 4 heteroatoms. The fraction of sp³-hybridized carbons (Fsp3) is 0.692. The van der Waals surface area contributed by atoms with Crippen molar-refractivity contribution in [1.29, 1.82) is 0 Å². The molecule has 1 rings (SSSR count). The van der Waals surface area contributed by atoms with Gasteiger partial charge in [-0.25, -0.2) is 0 Å². The lowest BCUT2D eigenvalue weighted by molar-refractivity contribution is -0.161. The maximum atomic E-state index is 11.8. The first-order valence-corrected chi connectivity index (χ1v) is 6.14. The number of ether oxygens (including phenoxy) is 2. The van der Waals surface area contributed by atoms with Crippen LogP contribution in [0.4, 0.5) is 0 Å². The Morgan fingerprint density at radius 1 is 1.18 bits per heavy atom. The van der Waals surface area contributed by atoms with E-state index in [0.29, 0.717) is 19.4 Å². The summed E-state index contributed by atoms with van der Waals surface area (Å²) in [5, 5.41) is 0. The molecule has 4 nitrogen and oxygen atoms in total. The summed E-state index contributed by atoms with van der Waals surface area (Å²) < 4.78 is 10.0. The van der Waals surface area contributed by atoms with Crippen molar-refractivity contribution in [3.63, 3.8) is 0 Å². The Kier molecular flexibility index (Phi) is 5.73. The fourth-order valence-corrected chi connectivity index (χ4v) is 2.19. The van der Waals surface area contributed by atoms with Crippen LogP contribution in [0.5, 0.6) is 0 Å². The van der Waals surface area contributed by atoms with E-state index in [-0.39, 0.29) is 30.4 Å². The highest BCUT2D eigenvalue weighted by Gasteiger charge is 2.37. The first kappa shape index (κ1) is 13.7. The van der Waals surface area contributed by atoms with Crippen LogP contribution in [0.1, 0.15) is 32.6 Å². The summed E-state index contributed by atoms with van der Waals surface area (Å²) in [5.41, 5.74) is 0. The van der Waals surface area contributed by atoms with Crippen LogP contribution >= 0.6 is 0 Å². The van der Waals surface area contributed by atoms with Gasteiger partial charge >= 0.3 is 11.9 Å². The molecule has 0 heterocycles. The molecule has 0 amide bonds. The van der Waals surface area contributed by atoms with Gasteiger partial charge in [-0.1, -0.05) is 25.5 Å². The van der Waals surface area contributed by atoms with Crippen molar-refractivity contribution in [2.45, 2.75) is 32.6 Å². The lowest BCUT2D eigenvalue weighted by Gasteiger charge is -2.27. The minimum absolute atomic E-state index is 0.199. The third-order valence-electron chi connectivity index (χ3n) is 3.00. The third-order valence-corrected chi connectivity index (χ3v) is 3.00.